The molecule has 7 heteroatoms. The first kappa shape index (κ1) is 16.6. The lowest BCUT2D eigenvalue weighted by Gasteiger charge is -2.27. The zero-order chi connectivity index (χ0) is 16.4. The van der Waals surface area contributed by atoms with Crippen LogP contribution in [0.4, 0.5) is 5.69 Å². The molecule has 0 aliphatic carbocycles. The van der Waals surface area contributed by atoms with Gasteiger partial charge in [0.05, 0.1) is 4.92 Å². The average Bonchev–Trinajstić information content (AvgIpc) is 2.33. The molecule has 7 nitrogen and oxygen atoms in total. The number of nitro benzene ring substituents is 1. The summed E-state index contributed by atoms with van der Waals surface area (Å²) in [5.74, 6) is -1.79. The van der Waals surface area contributed by atoms with Crippen LogP contribution < -0.4 is 5.32 Å². The van der Waals surface area contributed by atoms with Gasteiger partial charge >= 0.3 is 5.97 Å². The highest BCUT2D eigenvalue weighted by Crippen LogP contribution is 2.22. The van der Waals surface area contributed by atoms with Gasteiger partial charge in [-0.25, -0.2) is 4.79 Å². The standard InChI is InChI=1S/C14H18N2O5/c1-8-5-6-9(16(20)21)7-10(8)12(17)15-11(13(18)19)14(2,3)4/h5-7,11H,1-4H3,(H,15,17)(H,18,19)/t11-/m1/s1. The minimum atomic E-state index is -1.15. The van der Waals surface area contributed by atoms with Crippen molar-refractivity contribution in [1.82, 2.24) is 5.32 Å². The second-order valence-electron chi connectivity index (χ2n) is 5.87. The summed E-state index contributed by atoms with van der Waals surface area (Å²) in [6.45, 7) is 6.69. The second kappa shape index (κ2) is 5.90. The van der Waals surface area contributed by atoms with Gasteiger partial charge in [-0.2, -0.15) is 0 Å². The first-order valence-corrected chi connectivity index (χ1v) is 6.32. The summed E-state index contributed by atoms with van der Waals surface area (Å²) in [6, 6.07) is 2.81. The van der Waals surface area contributed by atoms with Crippen molar-refractivity contribution < 1.29 is 19.6 Å². The molecule has 0 bridgehead atoms. The van der Waals surface area contributed by atoms with Gasteiger partial charge in [0.1, 0.15) is 6.04 Å². The molecule has 0 saturated heterocycles. The van der Waals surface area contributed by atoms with Gasteiger partial charge in [-0.3, -0.25) is 14.9 Å². The number of hydrogen-bond acceptors (Lipinski definition) is 4. The van der Waals surface area contributed by atoms with Gasteiger partial charge in [0, 0.05) is 17.7 Å². The summed E-state index contributed by atoms with van der Waals surface area (Å²) in [5, 5.41) is 22.4. The van der Waals surface area contributed by atoms with Gasteiger partial charge < -0.3 is 10.4 Å². The molecule has 0 aromatic heterocycles. The van der Waals surface area contributed by atoms with E-state index in [0.29, 0.717) is 5.56 Å². The van der Waals surface area contributed by atoms with E-state index in [1.807, 2.05) is 0 Å². The van der Waals surface area contributed by atoms with Crippen LogP contribution in [0.5, 0.6) is 0 Å². The quantitative estimate of drug-likeness (QED) is 0.653. The van der Waals surface area contributed by atoms with Gasteiger partial charge in [-0.1, -0.05) is 26.8 Å². The van der Waals surface area contributed by atoms with Gasteiger partial charge in [-0.15, -0.1) is 0 Å². The van der Waals surface area contributed by atoms with Crippen LogP contribution in [0.1, 0.15) is 36.7 Å². The number of amides is 1. The molecule has 0 aliphatic heterocycles. The topological polar surface area (TPSA) is 110 Å². The van der Waals surface area contributed by atoms with Crippen molar-refractivity contribution in [2.45, 2.75) is 33.7 Å². The summed E-state index contributed by atoms with van der Waals surface area (Å²) in [7, 11) is 0. The molecule has 1 rings (SSSR count). The lowest BCUT2D eigenvalue weighted by atomic mass is 9.86. The van der Waals surface area contributed by atoms with E-state index in [4.69, 9.17) is 0 Å². The fourth-order valence-corrected chi connectivity index (χ4v) is 1.83. The molecule has 0 heterocycles. The molecule has 114 valence electrons. The van der Waals surface area contributed by atoms with Crippen LogP contribution in [0, 0.1) is 22.5 Å². The Labute approximate surface area is 122 Å². The number of non-ortho nitro benzene ring substituents is 1. The van der Waals surface area contributed by atoms with E-state index in [1.165, 1.54) is 12.1 Å². The van der Waals surface area contributed by atoms with Crippen LogP contribution in [-0.4, -0.2) is 27.9 Å². The van der Waals surface area contributed by atoms with Gasteiger partial charge in [0.2, 0.25) is 0 Å². The zero-order valence-electron chi connectivity index (χ0n) is 12.3. The third-order valence-electron chi connectivity index (χ3n) is 3.07. The summed E-state index contributed by atoms with van der Waals surface area (Å²) in [4.78, 5) is 33.6. The normalized spacial score (nSPS) is 12.6. The molecule has 1 atom stereocenters. The minimum absolute atomic E-state index is 0.0969. The molecule has 1 aromatic rings. The predicted molar refractivity (Wildman–Crippen MR) is 76.2 cm³/mol. The number of carboxylic acids is 1. The van der Waals surface area contributed by atoms with Crippen LogP contribution in [0.3, 0.4) is 0 Å². The van der Waals surface area contributed by atoms with Crippen LogP contribution in [0.2, 0.25) is 0 Å². The molecule has 21 heavy (non-hydrogen) atoms. The fraction of sp³-hybridized carbons (Fsp3) is 0.429. The molecule has 0 aliphatic rings. The third-order valence-corrected chi connectivity index (χ3v) is 3.07. The lowest BCUT2D eigenvalue weighted by molar-refractivity contribution is -0.384. The van der Waals surface area contributed by atoms with Crippen molar-refractivity contribution in [2.75, 3.05) is 0 Å². The molecule has 2 N–H and O–H groups in total. The lowest BCUT2D eigenvalue weighted by Crippen LogP contribution is -2.49. The number of nitrogens with one attached hydrogen (secondary N) is 1. The van der Waals surface area contributed by atoms with Gasteiger partial charge in [0.25, 0.3) is 11.6 Å². The molecule has 1 aromatic carbocycles. The van der Waals surface area contributed by atoms with E-state index >= 15 is 0 Å². The number of carboxylic acid groups (broad SMARTS) is 1. The van der Waals surface area contributed by atoms with Crippen molar-refractivity contribution in [3.63, 3.8) is 0 Å². The molecule has 0 saturated carbocycles. The average molecular weight is 294 g/mol. The summed E-state index contributed by atoms with van der Waals surface area (Å²) in [6.07, 6.45) is 0. The number of carbonyl (C=O) groups is 2. The van der Waals surface area contributed by atoms with Crippen LogP contribution in [0.25, 0.3) is 0 Å². The molecule has 0 spiro atoms. The van der Waals surface area contributed by atoms with Crippen molar-refractivity contribution in [1.29, 1.82) is 0 Å². The summed E-state index contributed by atoms with van der Waals surface area (Å²) in [5.41, 5.74) is -0.264. The Bertz CT molecular complexity index is 590. The Hall–Kier alpha value is -2.44. The fourth-order valence-electron chi connectivity index (χ4n) is 1.83. The maximum absolute atomic E-state index is 12.2. The maximum atomic E-state index is 12.2. The Morgan fingerprint density at radius 2 is 1.90 bits per heavy atom. The number of rotatable bonds is 4. The Balaban J connectivity index is 3.11. The SMILES string of the molecule is Cc1ccc([N+](=O)[O-])cc1C(=O)N[C@H](C(=O)O)C(C)(C)C. The molecule has 0 radical (unpaired) electrons. The summed E-state index contributed by atoms with van der Waals surface area (Å²) >= 11 is 0. The summed E-state index contributed by atoms with van der Waals surface area (Å²) < 4.78 is 0. The van der Waals surface area contributed by atoms with E-state index in [9.17, 15) is 24.8 Å². The van der Waals surface area contributed by atoms with E-state index in [2.05, 4.69) is 5.32 Å². The third kappa shape index (κ3) is 4.01. The minimum Gasteiger partial charge on any atom is -0.480 e. The number of aryl methyl sites for hydroxylation is 1. The van der Waals surface area contributed by atoms with Crippen molar-refractivity contribution in [3.05, 3.63) is 39.4 Å². The van der Waals surface area contributed by atoms with Crippen LogP contribution in [0.15, 0.2) is 18.2 Å². The predicted octanol–water partition coefficient (Wildman–Crippen LogP) is 2.13. The van der Waals surface area contributed by atoms with Crippen molar-refractivity contribution in [2.24, 2.45) is 5.41 Å². The number of aliphatic carboxylic acids is 1. The van der Waals surface area contributed by atoms with E-state index < -0.39 is 28.3 Å². The molecular formula is C14H18N2O5. The number of benzene rings is 1. The van der Waals surface area contributed by atoms with E-state index in [1.54, 1.807) is 27.7 Å². The van der Waals surface area contributed by atoms with Crippen molar-refractivity contribution in [3.8, 4) is 0 Å². The monoisotopic (exact) mass is 294 g/mol. The highest BCUT2D eigenvalue weighted by molar-refractivity contribution is 5.98. The second-order valence-corrected chi connectivity index (χ2v) is 5.87. The Kier molecular flexibility index (Phi) is 4.67. The maximum Gasteiger partial charge on any atom is 0.326 e. The van der Waals surface area contributed by atoms with Gasteiger partial charge in [-0.05, 0) is 17.9 Å². The highest BCUT2D eigenvalue weighted by atomic mass is 16.6. The first-order chi connectivity index (χ1) is 9.54. The Morgan fingerprint density at radius 3 is 2.33 bits per heavy atom. The number of hydrogen-bond donors (Lipinski definition) is 2. The molecule has 0 fully saturated rings. The van der Waals surface area contributed by atoms with E-state index in [-0.39, 0.29) is 11.3 Å². The van der Waals surface area contributed by atoms with E-state index in [0.717, 1.165) is 6.07 Å². The number of nitro groups is 1. The highest BCUT2D eigenvalue weighted by Gasteiger charge is 2.33. The largest absolute Gasteiger partial charge is 0.480 e. The molecular weight excluding hydrogens is 276 g/mol. The zero-order valence-corrected chi connectivity index (χ0v) is 12.3. The number of nitrogens with zero attached hydrogens (tertiary/aromatic N) is 1. The first-order valence-electron chi connectivity index (χ1n) is 6.32. The smallest absolute Gasteiger partial charge is 0.326 e. The van der Waals surface area contributed by atoms with Crippen LogP contribution >= 0.6 is 0 Å². The number of carbonyl (C=O) groups excluding carboxylic acids is 1. The molecule has 0 unspecified atom stereocenters. The van der Waals surface area contributed by atoms with Crippen molar-refractivity contribution >= 4 is 17.6 Å². The molecule has 1 amide bonds. The Morgan fingerprint density at radius 1 is 1.33 bits per heavy atom. The van der Waals surface area contributed by atoms with Crippen LogP contribution in [-0.2, 0) is 4.79 Å². The van der Waals surface area contributed by atoms with Gasteiger partial charge in [0.15, 0.2) is 0 Å².